The highest BCUT2D eigenvalue weighted by Gasteiger charge is 2.40. The number of carbonyl (C=O) groups excluding carboxylic acids is 1. The molecule has 0 bridgehead atoms. The summed E-state index contributed by atoms with van der Waals surface area (Å²) in [5.74, 6) is -3.21. The Hall–Kier alpha value is -4.54. The second-order valence-electron chi connectivity index (χ2n) is 9.60. The summed E-state index contributed by atoms with van der Waals surface area (Å²) in [4.78, 5) is 37.2. The van der Waals surface area contributed by atoms with Crippen molar-refractivity contribution in [1.82, 2.24) is 30.0 Å². The van der Waals surface area contributed by atoms with Crippen LogP contribution in [0.3, 0.4) is 0 Å². The van der Waals surface area contributed by atoms with E-state index in [1.807, 2.05) is 53.4 Å². The van der Waals surface area contributed by atoms with E-state index in [4.69, 9.17) is 19.8 Å². The van der Waals surface area contributed by atoms with E-state index < -0.39 is 24.3 Å². The zero-order valence-electron chi connectivity index (χ0n) is 22.2. The maximum atomic E-state index is 12.7. The smallest absolute Gasteiger partial charge is 0.475 e. The van der Waals surface area contributed by atoms with Gasteiger partial charge in [-0.15, -0.1) is 10.2 Å². The van der Waals surface area contributed by atoms with Gasteiger partial charge in [0.15, 0.2) is 0 Å². The number of likely N-dealkylation sites (tertiary alicyclic amines) is 1. The third-order valence-corrected chi connectivity index (χ3v) is 6.45. The summed E-state index contributed by atoms with van der Waals surface area (Å²) in [5, 5.41) is 25.8. The van der Waals surface area contributed by atoms with Gasteiger partial charge in [-0.2, -0.15) is 26.3 Å². The monoisotopic (exact) mass is 616 g/mol. The molecule has 1 saturated heterocycles. The summed E-state index contributed by atoms with van der Waals surface area (Å²) in [6.45, 7) is 4.31. The molecule has 3 aromatic rings. The van der Waals surface area contributed by atoms with Gasteiger partial charge >= 0.3 is 24.3 Å². The van der Waals surface area contributed by atoms with Crippen molar-refractivity contribution in [1.29, 1.82) is 0 Å². The van der Waals surface area contributed by atoms with Crippen LogP contribution in [0.1, 0.15) is 27.6 Å². The molecule has 1 fully saturated rings. The highest BCUT2D eigenvalue weighted by atomic mass is 19.4. The molecule has 0 aliphatic carbocycles. The van der Waals surface area contributed by atoms with Gasteiger partial charge in [-0.3, -0.25) is 14.7 Å². The van der Waals surface area contributed by atoms with Crippen LogP contribution in [0, 0.1) is 11.8 Å². The van der Waals surface area contributed by atoms with Gasteiger partial charge in [0, 0.05) is 51.5 Å². The number of hydrogen-bond donors (Lipinski definition) is 3. The van der Waals surface area contributed by atoms with Crippen LogP contribution >= 0.6 is 0 Å². The van der Waals surface area contributed by atoms with Crippen LogP contribution in [0.4, 0.5) is 26.3 Å². The molecule has 17 heteroatoms. The fourth-order valence-electron chi connectivity index (χ4n) is 4.53. The SMILES string of the molecule is O=C(NCc1ccccc1)c1nnc2n1CC1CN(Cc3cccnc3)CC1C2.O=C(O)C(F)(F)F.O=C(O)C(F)(F)F. The number of alkyl halides is 6. The normalized spacial score (nSPS) is 17.7. The highest BCUT2D eigenvalue weighted by Crippen LogP contribution is 2.33. The molecular formula is C26H26F6N6O5. The number of nitrogens with one attached hydrogen (secondary N) is 1. The lowest BCUT2D eigenvalue weighted by molar-refractivity contribution is -0.193. The van der Waals surface area contributed by atoms with Crippen LogP contribution in [-0.2, 0) is 35.6 Å². The molecule has 0 radical (unpaired) electrons. The number of fused-ring (bicyclic) bond motifs is 2. The first-order valence-corrected chi connectivity index (χ1v) is 12.6. The van der Waals surface area contributed by atoms with E-state index in [1.54, 1.807) is 0 Å². The number of rotatable bonds is 5. The van der Waals surface area contributed by atoms with E-state index in [0.717, 1.165) is 44.0 Å². The Kier molecular flexibility index (Phi) is 10.8. The van der Waals surface area contributed by atoms with Crippen molar-refractivity contribution < 1.29 is 50.9 Å². The predicted molar refractivity (Wildman–Crippen MR) is 135 cm³/mol. The summed E-state index contributed by atoms with van der Waals surface area (Å²) in [6, 6.07) is 14.0. The number of nitrogens with zero attached hydrogens (tertiary/aromatic N) is 5. The molecule has 4 heterocycles. The molecule has 43 heavy (non-hydrogen) atoms. The van der Waals surface area contributed by atoms with Crippen molar-refractivity contribution in [2.75, 3.05) is 13.1 Å². The summed E-state index contributed by atoms with van der Waals surface area (Å²) in [7, 11) is 0. The highest BCUT2D eigenvalue weighted by molar-refractivity contribution is 5.90. The van der Waals surface area contributed by atoms with Crippen molar-refractivity contribution in [3.8, 4) is 0 Å². The average Bonchev–Trinajstić information content (AvgIpc) is 3.53. The Morgan fingerprint density at radius 3 is 1.98 bits per heavy atom. The van der Waals surface area contributed by atoms with Crippen molar-refractivity contribution >= 4 is 17.8 Å². The van der Waals surface area contributed by atoms with E-state index in [0.29, 0.717) is 24.2 Å². The third kappa shape index (κ3) is 9.76. The van der Waals surface area contributed by atoms with Gasteiger partial charge in [-0.25, -0.2) is 9.59 Å². The molecule has 1 aromatic carbocycles. The summed E-state index contributed by atoms with van der Waals surface area (Å²) < 4.78 is 65.5. The number of halogens is 6. The number of aromatic nitrogens is 4. The van der Waals surface area contributed by atoms with Crippen molar-refractivity contribution in [3.05, 3.63) is 77.6 Å². The lowest BCUT2D eigenvalue weighted by Gasteiger charge is -2.25. The minimum atomic E-state index is -5.08. The lowest BCUT2D eigenvalue weighted by atomic mass is 9.89. The number of carboxylic acid groups (broad SMARTS) is 2. The number of carboxylic acids is 2. The number of aliphatic carboxylic acids is 2. The zero-order valence-corrected chi connectivity index (χ0v) is 22.2. The van der Waals surface area contributed by atoms with E-state index in [2.05, 4.69) is 31.5 Å². The first-order chi connectivity index (χ1) is 20.1. The number of pyridine rings is 1. The minimum absolute atomic E-state index is 0.156. The van der Waals surface area contributed by atoms with Crippen molar-refractivity contribution in [2.24, 2.45) is 11.8 Å². The predicted octanol–water partition coefficient (Wildman–Crippen LogP) is 3.17. The van der Waals surface area contributed by atoms with Crippen molar-refractivity contribution in [3.63, 3.8) is 0 Å². The summed E-state index contributed by atoms with van der Waals surface area (Å²) in [6.07, 6.45) is -5.54. The lowest BCUT2D eigenvalue weighted by Crippen LogP contribution is -2.32. The quantitative estimate of drug-likeness (QED) is 0.368. The molecule has 2 aliphatic rings. The molecular weight excluding hydrogens is 590 g/mol. The van der Waals surface area contributed by atoms with Crippen LogP contribution in [0.15, 0.2) is 54.9 Å². The second kappa shape index (κ2) is 14.1. The molecule has 2 atom stereocenters. The number of hydrogen-bond acceptors (Lipinski definition) is 7. The topological polar surface area (TPSA) is 151 Å². The number of amides is 1. The maximum Gasteiger partial charge on any atom is 0.490 e. The standard InChI is InChI=1S/C22H24N6O.2C2HF3O2/c29-22(24-11-16-5-2-1-3-6-16)21-26-25-20-9-18-13-27(14-19(18)15-28(20)21)12-17-7-4-8-23-10-17;2*3-2(4,5)1(6)7/h1-8,10,18-19H,9,11-15H2,(H,24,29);2*(H,6,7). The van der Waals surface area contributed by atoms with Gasteiger partial charge in [0.25, 0.3) is 5.91 Å². The largest absolute Gasteiger partial charge is 0.490 e. The number of carbonyl (C=O) groups is 3. The van der Waals surface area contributed by atoms with E-state index in [1.165, 1.54) is 5.56 Å². The second-order valence-corrected chi connectivity index (χ2v) is 9.60. The van der Waals surface area contributed by atoms with Crippen LogP contribution in [0.25, 0.3) is 0 Å². The maximum absolute atomic E-state index is 12.7. The average molecular weight is 617 g/mol. The Bertz CT molecular complexity index is 1360. The molecule has 0 spiro atoms. The van der Waals surface area contributed by atoms with Gasteiger partial charge in [0.2, 0.25) is 5.82 Å². The van der Waals surface area contributed by atoms with Gasteiger partial charge in [0.1, 0.15) is 5.82 Å². The van der Waals surface area contributed by atoms with Crippen LogP contribution in [0.2, 0.25) is 0 Å². The fraction of sp³-hybridized carbons (Fsp3) is 0.385. The van der Waals surface area contributed by atoms with E-state index in [9.17, 15) is 31.1 Å². The molecule has 11 nitrogen and oxygen atoms in total. The minimum Gasteiger partial charge on any atom is -0.475 e. The third-order valence-electron chi connectivity index (χ3n) is 6.45. The molecule has 232 valence electrons. The molecule has 1 amide bonds. The Labute approximate surface area is 240 Å². The van der Waals surface area contributed by atoms with Gasteiger partial charge in [0.05, 0.1) is 0 Å². The van der Waals surface area contributed by atoms with Gasteiger partial charge < -0.3 is 20.1 Å². The van der Waals surface area contributed by atoms with E-state index >= 15 is 0 Å². The molecule has 2 unspecified atom stereocenters. The van der Waals surface area contributed by atoms with Crippen LogP contribution in [-0.4, -0.2) is 78.1 Å². The van der Waals surface area contributed by atoms with Gasteiger partial charge in [-0.05, 0) is 29.0 Å². The van der Waals surface area contributed by atoms with Crippen molar-refractivity contribution in [2.45, 2.75) is 38.4 Å². The zero-order chi connectivity index (χ0) is 31.8. The first-order valence-electron chi connectivity index (χ1n) is 12.6. The molecule has 5 rings (SSSR count). The molecule has 3 N–H and O–H groups in total. The molecule has 0 saturated carbocycles. The van der Waals surface area contributed by atoms with Crippen LogP contribution < -0.4 is 5.32 Å². The Morgan fingerprint density at radius 1 is 0.837 bits per heavy atom. The van der Waals surface area contributed by atoms with Crippen LogP contribution in [0.5, 0.6) is 0 Å². The Morgan fingerprint density at radius 2 is 1.42 bits per heavy atom. The van der Waals surface area contributed by atoms with E-state index in [-0.39, 0.29) is 5.91 Å². The Balaban J connectivity index is 0.000000303. The summed E-state index contributed by atoms with van der Waals surface area (Å²) in [5.41, 5.74) is 2.31. The van der Waals surface area contributed by atoms with Gasteiger partial charge in [-0.1, -0.05) is 36.4 Å². The first kappa shape index (κ1) is 33.0. The summed E-state index contributed by atoms with van der Waals surface area (Å²) >= 11 is 0. The molecule has 2 aliphatic heterocycles. The molecule has 2 aromatic heterocycles. The fourth-order valence-corrected chi connectivity index (χ4v) is 4.53. The number of benzene rings is 1.